The summed E-state index contributed by atoms with van der Waals surface area (Å²) >= 11 is 0. The van der Waals surface area contributed by atoms with Gasteiger partial charge in [0, 0.05) is 0 Å². The lowest BCUT2D eigenvalue weighted by molar-refractivity contribution is 0.353. The highest BCUT2D eigenvalue weighted by Crippen LogP contribution is 2.40. The van der Waals surface area contributed by atoms with Crippen molar-refractivity contribution in [2.75, 3.05) is 13.1 Å². The van der Waals surface area contributed by atoms with Crippen molar-refractivity contribution in [1.82, 2.24) is 5.32 Å². The summed E-state index contributed by atoms with van der Waals surface area (Å²) in [5.74, 6) is 1.73. The van der Waals surface area contributed by atoms with Gasteiger partial charge >= 0.3 is 0 Å². The van der Waals surface area contributed by atoms with E-state index in [1.54, 1.807) is 0 Å². The highest BCUT2D eigenvalue weighted by atomic mass is 14.9. The van der Waals surface area contributed by atoms with E-state index in [0.717, 1.165) is 11.8 Å². The van der Waals surface area contributed by atoms with Gasteiger partial charge in [0.25, 0.3) is 0 Å². The van der Waals surface area contributed by atoms with Gasteiger partial charge in [-0.1, -0.05) is 27.7 Å². The Morgan fingerprint density at radius 1 is 1.38 bits per heavy atom. The Bertz CT molecular complexity index is 149. The van der Waals surface area contributed by atoms with Crippen LogP contribution in [0.1, 0.15) is 47.0 Å². The lowest BCUT2D eigenvalue weighted by Gasteiger charge is -2.17. The van der Waals surface area contributed by atoms with E-state index in [-0.39, 0.29) is 0 Å². The van der Waals surface area contributed by atoms with E-state index in [2.05, 4.69) is 33.0 Å². The summed E-state index contributed by atoms with van der Waals surface area (Å²) in [6.07, 6.45) is 4.26. The minimum Gasteiger partial charge on any atom is -0.316 e. The fourth-order valence-corrected chi connectivity index (χ4v) is 2.33. The third-order valence-corrected chi connectivity index (χ3v) is 3.06. The van der Waals surface area contributed by atoms with Crippen LogP contribution in [0, 0.1) is 17.3 Å². The largest absolute Gasteiger partial charge is 0.316 e. The lowest BCUT2D eigenvalue weighted by Crippen LogP contribution is -2.25. The molecule has 1 aliphatic rings. The summed E-state index contributed by atoms with van der Waals surface area (Å²) in [7, 11) is 0. The molecule has 1 fully saturated rings. The maximum Gasteiger partial charge on any atom is -0.00202 e. The van der Waals surface area contributed by atoms with Gasteiger partial charge in [0.1, 0.15) is 0 Å². The maximum atomic E-state index is 3.56. The molecule has 78 valence electrons. The minimum atomic E-state index is 0.615. The third kappa shape index (κ3) is 4.12. The third-order valence-electron chi connectivity index (χ3n) is 3.06. The molecule has 0 aromatic heterocycles. The highest BCUT2D eigenvalue weighted by molar-refractivity contribution is 4.83. The summed E-state index contributed by atoms with van der Waals surface area (Å²) in [4.78, 5) is 0. The monoisotopic (exact) mass is 183 g/mol. The molecule has 1 nitrogen and oxygen atoms in total. The van der Waals surface area contributed by atoms with Gasteiger partial charge in [0.15, 0.2) is 0 Å². The molecule has 1 N–H and O–H groups in total. The summed E-state index contributed by atoms with van der Waals surface area (Å²) in [5, 5.41) is 3.56. The fourth-order valence-electron chi connectivity index (χ4n) is 2.33. The molecule has 0 aliphatic heterocycles. The predicted octanol–water partition coefficient (Wildman–Crippen LogP) is 3.06. The van der Waals surface area contributed by atoms with Gasteiger partial charge in [-0.3, -0.25) is 0 Å². The van der Waals surface area contributed by atoms with E-state index in [0.29, 0.717) is 5.41 Å². The molecular weight excluding hydrogens is 158 g/mol. The van der Waals surface area contributed by atoms with E-state index in [9.17, 15) is 0 Å². The van der Waals surface area contributed by atoms with E-state index in [1.165, 1.54) is 32.4 Å². The second kappa shape index (κ2) is 4.45. The zero-order valence-corrected chi connectivity index (χ0v) is 9.69. The molecule has 1 aliphatic carbocycles. The molecule has 0 radical (unpaired) electrons. The Morgan fingerprint density at radius 2 is 2.08 bits per heavy atom. The first-order valence-electron chi connectivity index (χ1n) is 5.70. The van der Waals surface area contributed by atoms with Crippen molar-refractivity contribution < 1.29 is 0 Å². The molecule has 1 rings (SSSR count). The van der Waals surface area contributed by atoms with Crippen molar-refractivity contribution >= 4 is 0 Å². The minimum absolute atomic E-state index is 0.615. The number of hydrogen-bond acceptors (Lipinski definition) is 1. The van der Waals surface area contributed by atoms with Gasteiger partial charge in [0.05, 0.1) is 0 Å². The van der Waals surface area contributed by atoms with Crippen molar-refractivity contribution in [2.45, 2.75) is 47.0 Å². The van der Waals surface area contributed by atoms with Crippen LogP contribution >= 0.6 is 0 Å². The molecule has 1 heteroatoms. The molecule has 0 aromatic rings. The first-order valence-corrected chi connectivity index (χ1v) is 5.70. The molecule has 0 spiro atoms. The lowest BCUT2D eigenvalue weighted by atomic mass is 9.90. The summed E-state index contributed by atoms with van der Waals surface area (Å²) in [6.45, 7) is 11.8. The smallest absolute Gasteiger partial charge is 0.00202 e. The van der Waals surface area contributed by atoms with Crippen LogP contribution in [0.4, 0.5) is 0 Å². The van der Waals surface area contributed by atoms with Crippen LogP contribution in [0.25, 0.3) is 0 Å². The van der Waals surface area contributed by atoms with Crippen LogP contribution in [0.3, 0.4) is 0 Å². The van der Waals surface area contributed by atoms with Gasteiger partial charge in [0.2, 0.25) is 0 Å². The standard InChI is InChI=1S/C12H25N/c1-10(2)8-13-9-11-5-6-12(3,4)7-11/h10-11,13H,5-9H2,1-4H3. The second-order valence-corrected chi connectivity index (χ2v) is 5.83. The highest BCUT2D eigenvalue weighted by Gasteiger charge is 2.30. The topological polar surface area (TPSA) is 12.0 Å². The molecule has 0 bridgehead atoms. The molecule has 0 saturated heterocycles. The Labute approximate surface area is 83.3 Å². The second-order valence-electron chi connectivity index (χ2n) is 5.83. The molecule has 0 amide bonds. The Morgan fingerprint density at radius 3 is 2.54 bits per heavy atom. The van der Waals surface area contributed by atoms with Gasteiger partial charge < -0.3 is 5.32 Å². The van der Waals surface area contributed by atoms with E-state index >= 15 is 0 Å². The van der Waals surface area contributed by atoms with Crippen LogP contribution < -0.4 is 5.32 Å². The molecule has 0 aromatic carbocycles. The van der Waals surface area contributed by atoms with Crippen molar-refractivity contribution in [1.29, 1.82) is 0 Å². The molecule has 1 saturated carbocycles. The number of hydrogen-bond donors (Lipinski definition) is 1. The van der Waals surface area contributed by atoms with Crippen molar-refractivity contribution in [3.05, 3.63) is 0 Å². The number of nitrogens with one attached hydrogen (secondary N) is 1. The maximum absolute atomic E-state index is 3.56. The molecule has 1 atom stereocenters. The fraction of sp³-hybridized carbons (Fsp3) is 1.00. The van der Waals surface area contributed by atoms with Gasteiger partial charge in [-0.25, -0.2) is 0 Å². The first kappa shape index (κ1) is 11.0. The molecular formula is C12H25N. The summed E-state index contributed by atoms with van der Waals surface area (Å²) < 4.78 is 0. The Kier molecular flexibility index (Phi) is 3.78. The van der Waals surface area contributed by atoms with E-state index in [1.807, 2.05) is 0 Å². The SMILES string of the molecule is CC(C)CNCC1CCC(C)(C)C1. The van der Waals surface area contributed by atoms with E-state index in [4.69, 9.17) is 0 Å². The van der Waals surface area contributed by atoms with Crippen LogP contribution in [0.5, 0.6) is 0 Å². The van der Waals surface area contributed by atoms with Gasteiger partial charge in [-0.2, -0.15) is 0 Å². The van der Waals surface area contributed by atoms with Gasteiger partial charge in [-0.05, 0) is 49.6 Å². The first-order chi connectivity index (χ1) is 5.99. The zero-order valence-electron chi connectivity index (χ0n) is 9.69. The zero-order chi connectivity index (χ0) is 9.90. The van der Waals surface area contributed by atoms with Gasteiger partial charge in [-0.15, -0.1) is 0 Å². The molecule has 1 unspecified atom stereocenters. The average Bonchev–Trinajstić information content (AvgIpc) is 2.29. The quantitative estimate of drug-likeness (QED) is 0.706. The van der Waals surface area contributed by atoms with Crippen molar-refractivity contribution in [2.24, 2.45) is 17.3 Å². The van der Waals surface area contributed by atoms with Crippen LogP contribution in [0.15, 0.2) is 0 Å². The number of rotatable bonds is 4. The summed E-state index contributed by atoms with van der Waals surface area (Å²) in [5.41, 5.74) is 0.615. The Hall–Kier alpha value is -0.0400. The average molecular weight is 183 g/mol. The Balaban J connectivity index is 2.11. The molecule has 0 heterocycles. The van der Waals surface area contributed by atoms with Crippen LogP contribution in [0.2, 0.25) is 0 Å². The summed E-state index contributed by atoms with van der Waals surface area (Å²) in [6, 6.07) is 0. The van der Waals surface area contributed by atoms with Crippen molar-refractivity contribution in [3.63, 3.8) is 0 Å². The van der Waals surface area contributed by atoms with Crippen molar-refractivity contribution in [3.8, 4) is 0 Å². The van der Waals surface area contributed by atoms with E-state index < -0.39 is 0 Å². The van der Waals surface area contributed by atoms with Crippen LogP contribution in [-0.2, 0) is 0 Å². The normalized spacial score (nSPS) is 27.0. The molecule has 13 heavy (non-hydrogen) atoms. The van der Waals surface area contributed by atoms with Crippen LogP contribution in [-0.4, -0.2) is 13.1 Å². The predicted molar refractivity (Wildman–Crippen MR) is 58.8 cm³/mol.